The molecule has 0 radical (unpaired) electrons. The Kier molecular flexibility index (Phi) is 4.82. The van der Waals surface area contributed by atoms with Gasteiger partial charge in [-0.1, -0.05) is 11.6 Å². The first-order valence-electron chi connectivity index (χ1n) is 7.05. The van der Waals surface area contributed by atoms with Crippen LogP contribution >= 0.6 is 11.6 Å². The second-order valence-corrected chi connectivity index (χ2v) is 6.26. The molecule has 2 rings (SSSR count). The Hall–Kier alpha value is -0.640. The van der Waals surface area contributed by atoms with Gasteiger partial charge in [0.25, 0.3) is 0 Å². The average Bonchev–Trinajstić information content (AvgIpc) is 2.55. The van der Waals surface area contributed by atoms with E-state index in [0.717, 1.165) is 37.9 Å². The van der Waals surface area contributed by atoms with Crippen molar-refractivity contribution in [3.63, 3.8) is 0 Å². The van der Waals surface area contributed by atoms with Crippen LogP contribution in [-0.2, 0) is 6.42 Å². The first-order valence-corrected chi connectivity index (χ1v) is 7.43. The Balaban J connectivity index is 2.05. The van der Waals surface area contributed by atoms with Crippen LogP contribution in [0.1, 0.15) is 38.7 Å². The Morgan fingerprint density at radius 3 is 2.89 bits per heavy atom. The predicted octanol–water partition coefficient (Wildman–Crippen LogP) is 2.90. The number of aromatic nitrogens is 1. The van der Waals surface area contributed by atoms with Crippen molar-refractivity contribution in [2.24, 2.45) is 0 Å². The molecule has 1 fully saturated rings. The van der Waals surface area contributed by atoms with Gasteiger partial charge >= 0.3 is 0 Å². The topological polar surface area (TPSA) is 36.4 Å². The fourth-order valence-corrected chi connectivity index (χ4v) is 2.98. The van der Waals surface area contributed by atoms with Gasteiger partial charge in [0.1, 0.15) is 0 Å². The lowest BCUT2D eigenvalue weighted by Gasteiger charge is -2.28. The van der Waals surface area contributed by atoms with E-state index in [2.05, 4.69) is 23.7 Å². The zero-order valence-corrected chi connectivity index (χ0v) is 12.5. The van der Waals surface area contributed by atoms with Crippen molar-refractivity contribution in [2.45, 2.75) is 51.2 Å². The molecule has 0 saturated carbocycles. The molecule has 1 saturated heterocycles. The molecule has 1 aromatic heterocycles. The molecule has 0 aliphatic carbocycles. The normalized spacial score (nSPS) is 25.5. The van der Waals surface area contributed by atoms with Crippen LogP contribution in [0.25, 0.3) is 0 Å². The highest BCUT2D eigenvalue weighted by atomic mass is 35.5. The third-order valence-electron chi connectivity index (χ3n) is 4.06. The van der Waals surface area contributed by atoms with Gasteiger partial charge in [0.15, 0.2) is 0 Å². The molecule has 4 heteroatoms. The van der Waals surface area contributed by atoms with Gasteiger partial charge in [0.2, 0.25) is 0 Å². The van der Waals surface area contributed by atoms with Gasteiger partial charge in [0, 0.05) is 31.4 Å². The number of aliphatic hydroxyl groups is 1. The molecule has 2 heterocycles. The van der Waals surface area contributed by atoms with Crippen LogP contribution in [0.3, 0.4) is 0 Å². The van der Waals surface area contributed by atoms with Crippen molar-refractivity contribution in [2.75, 3.05) is 13.1 Å². The number of pyridine rings is 1. The lowest BCUT2D eigenvalue weighted by Crippen LogP contribution is -2.35. The first-order chi connectivity index (χ1) is 9.00. The summed E-state index contributed by atoms with van der Waals surface area (Å²) in [6, 6.07) is 2.46. The van der Waals surface area contributed by atoms with Gasteiger partial charge in [-0.15, -0.1) is 0 Å². The molecular weight excluding hydrogens is 260 g/mol. The van der Waals surface area contributed by atoms with Crippen LogP contribution in [0, 0.1) is 0 Å². The maximum absolute atomic E-state index is 10.8. The Labute approximate surface area is 120 Å². The van der Waals surface area contributed by atoms with E-state index in [-0.39, 0.29) is 0 Å². The summed E-state index contributed by atoms with van der Waals surface area (Å²) in [7, 11) is 0. The summed E-state index contributed by atoms with van der Waals surface area (Å²) in [6.07, 6.45) is 6.70. The Bertz CT molecular complexity index is 424. The van der Waals surface area contributed by atoms with E-state index in [0.29, 0.717) is 17.5 Å². The minimum atomic E-state index is -0.630. The van der Waals surface area contributed by atoms with E-state index >= 15 is 0 Å². The van der Waals surface area contributed by atoms with Gasteiger partial charge in [-0.3, -0.25) is 4.98 Å². The van der Waals surface area contributed by atoms with Crippen molar-refractivity contribution in [3.8, 4) is 0 Å². The van der Waals surface area contributed by atoms with Crippen LogP contribution < -0.4 is 0 Å². The highest BCUT2D eigenvalue weighted by molar-refractivity contribution is 6.31. The Morgan fingerprint density at radius 1 is 1.42 bits per heavy atom. The van der Waals surface area contributed by atoms with Crippen LogP contribution in [0.2, 0.25) is 5.02 Å². The predicted molar refractivity (Wildman–Crippen MR) is 78.5 cm³/mol. The third-order valence-corrected chi connectivity index (χ3v) is 4.40. The summed E-state index contributed by atoms with van der Waals surface area (Å²) in [4.78, 5) is 6.43. The number of likely N-dealkylation sites (tertiary alicyclic amines) is 1. The van der Waals surface area contributed by atoms with Crippen LogP contribution in [0.15, 0.2) is 18.5 Å². The number of nitrogens with zero attached hydrogens (tertiary/aromatic N) is 2. The summed E-state index contributed by atoms with van der Waals surface area (Å²) < 4.78 is 0. The van der Waals surface area contributed by atoms with Gasteiger partial charge in [-0.25, -0.2) is 0 Å². The highest BCUT2D eigenvalue weighted by Crippen LogP contribution is 2.29. The van der Waals surface area contributed by atoms with Gasteiger partial charge in [-0.2, -0.15) is 0 Å². The summed E-state index contributed by atoms with van der Waals surface area (Å²) in [5.41, 5.74) is 0.367. The molecule has 1 unspecified atom stereocenters. The molecular formula is C15H23ClN2O. The number of hydrogen-bond acceptors (Lipinski definition) is 3. The third kappa shape index (κ3) is 3.91. The maximum atomic E-state index is 10.8. The molecule has 1 N–H and O–H groups in total. The molecule has 1 aliphatic heterocycles. The standard InChI is InChI=1S/C15H23ClN2O/c1-12(2)18-8-3-5-15(19,6-9-18)10-13-4-7-17-11-14(13)16/h4,7,11-12,19H,3,5-6,8-10H2,1-2H3. The zero-order valence-electron chi connectivity index (χ0n) is 11.8. The molecule has 0 bridgehead atoms. The highest BCUT2D eigenvalue weighted by Gasteiger charge is 2.31. The summed E-state index contributed by atoms with van der Waals surface area (Å²) in [5.74, 6) is 0. The van der Waals surface area contributed by atoms with E-state index in [1.165, 1.54) is 0 Å². The molecule has 106 valence electrons. The number of rotatable bonds is 3. The quantitative estimate of drug-likeness (QED) is 0.926. The summed E-state index contributed by atoms with van der Waals surface area (Å²) in [6.45, 7) is 6.45. The average molecular weight is 283 g/mol. The zero-order chi connectivity index (χ0) is 13.9. The summed E-state index contributed by atoms with van der Waals surface area (Å²) >= 11 is 6.14. The van der Waals surface area contributed by atoms with E-state index in [9.17, 15) is 5.11 Å². The van der Waals surface area contributed by atoms with Crippen molar-refractivity contribution in [3.05, 3.63) is 29.0 Å². The molecule has 0 spiro atoms. The molecule has 1 aromatic rings. The number of hydrogen-bond donors (Lipinski definition) is 1. The van der Waals surface area contributed by atoms with E-state index in [1.807, 2.05) is 6.07 Å². The molecule has 0 aromatic carbocycles. The largest absolute Gasteiger partial charge is 0.389 e. The lowest BCUT2D eigenvalue weighted by molar-refractivity contribution is 0.0249. The first kappa shape index (κ1) is 14.8. The van der Waals surface area contributed by atoms with Crippen LogP contribution in [-0.4, -0.2) is 39.7 Å². The SMILES string of the molecule is CC(C)N1CCCC(O)(Cc2ccncc2Cl)CC1. The fraction of sp³-hybridized carbons (Fsp3) is 0.667. The fourth-order valence-electron chi connectivity index (χ4n) is 2.79. The molecule has 3 nitrogen and oxygen atoms in total. The van der Waals surface area contributed by atoms with Crippen LogP contribution in [0.5, 0.6) is 0 Å². The van der Waals surface area contributed by atoms with E-state index in [4.69, 9.17) is 11.6 Å². The molecule has 1 aliphatic rings. The minimum Gasteiger partial charge on any atom is -0.389 e. The van der Waals surface area contributed by atoms with E-state index in [1.54, 1.807) is 12.4 Å². The Morgan fingerprint density at radius 2 is 2.21 bits per heavy atom. The second-order valence-electron chi connectivity index (χ2n) is 5.85. The molecule has 19 heavy (non-hydrogen) atoms. The minimum absolute atomic E-state index is 0.548. The lowest BCUT2D eigenvalue weighted by atomic mass is 9.88. The van der Waals surface area contributed by atoms with Gasteiger partial charge < -0.3 is 10.0 Å². The van der Waals surface area contributed by atoms with E-state index < -0.39 is 5.60 Å². The van der Waals surface area contributed by atoms with Gasteiger partial charge in [0.05, 0.1) is 10.6 Å². The molecule has 1 atom stereocenters. The van der Waals surface area contributed by atoms with Crippen molar-refractivity contribution in [1.29, 1.82) is 0 Å². The monoisotopic (exact) mass is 282 g/mol. The van der Waals surface area contributed by atoms with Crippen molar-refractivity contribution >= 4 is 11.6 Å². The maximum Gasteiger partial charge on any atom is 0.0701 e. The smallest absolute Gasteiger partial charge is 0.0701 e. The van der Waals surface area contributed by atoms with Crippen LogP contribution in [0.4, 0.5) is 0 Å². The summed E-state index contributed by atoms with van der Waals surface area (Å²) in [5, 5.41) is 11.5. The van der Waals surface area contributed by atoms with Crippen molar-refractivity contribution < 1.29 is 5.11 Å². The van der Waals surface area contributed by atoms with Gasteiger partial charge in [-0.05, 0) is 51.3 Å². The number of halogens is 1. The van der Waals surface area contributed by atoms with Crippen molar-refractivity contribution in [1.82, 2.24) is 9.88 Å². The molecule has 0 amide bonds. The second kappa shape index (κ2) is 6.21.